The first-order chi connectivity index (χ1) is 18.8. The molecule has 3 heterocycles. The van der Waals surface area contributed by atoms with Crippen LogP contribution in [-0.2, 0) is 6.42 Å². The van der Waals surface area contributed by atoms with Crippen molar-refractivity contribution in [1.82, 2.24) is 20.1 Å². The van der Waals surface area contributed by atoms with E-state index >= 15 is 0 Å². The molecule has 1 aromatic carbocycles. The number of aromatic nitrogens is 1. The largest absolute Gasteiger partial charge is 0.335 e. The predicted molar refractivity (Wildman–Crippen MR) is 154 cm³/mol. The van der Waals surface area contributed by atoms with Crippen LogP contribution in [0.3, 0.4) is 0 Å². The lowest BCUT2D eigenvalue weighted by Gasteiger charge is -2.44. The minimum Gasteiger partial charge on any atom is -0.335 e. The fraction of sp³-hybridized carbons (Fsp3) is 0.633. The highest BCUT2D eigenvalue weighted by Gasteiger charge is 2.34. The van der Waals surface area contributed by atoms with Crippen LogP contribution < -0.4 is 10.6 Å². The third kappa shape index (κ3) is 7.64. The maximum atomic E-state index is 13.4. The smallest absolute Gasteiger partial charge is 0.321 e. The highest BCUT2D eigenvalue weighted by molar-refractivity contribution is 7.17. The molecule has 3 fully saturated rings. The number of halogens is 1. The Hall–Kier alpha value is -2.36. The Bertz CT molecular complexity index is 1130. The molecule has 5 rings (SSSR count). The molecular formula is C30H42FN5O2S. The summed E-state index contributed by atoms with van der Waals surface area (Å²) in [6.07, 6.45) is 8.34. The number of nitrogens with one attached hydrogen (secondary N) is 2. The number of hydrogen-bond acceptors (Lipinski definition) is 6. The van der Waals surface area contributed by atoms with E-state index in [1.54, 1.807) is 19.1 Å². The van der Waals surface area contributed by atoms with E-state index in [2.05, 4.69) is 25.4 Å². The Balaban J connectivity index is 1.20. The lowest BCUT2D eigenvalue weighted by molar-refractivity contribution is 0.0687. The average Bonchev–Trinajstić information content (AvgIpc) is 3.24. The van der Waals surface area contributed by atoms with Crippen LogP contribution in [0, 0.1) is 30.5 Å². The van der Waals surface area contributed by atoms with Gasteiger partial charge in [-0.25, -0.2) is 14.2 Å². The maximum absolute atomic E-state index is 13.4. The highest BCUT2D eigenvalue weighted by atomic mass is 32.1. The number of likely N-dealkylation sites (tertiary alicyclic amines) is 2. The molecule has 2 saturated heterocycles. The number of thiazole rings is 1. The number of Topliss-reactive ketones (excluding diaryl/α,β-unsaturated/α-hetero) is 1. The topological polar surface area (TPSA) is 77.6 Å². The number of rotatable bonds is 9. The van der Waals surface area contributed by atoms with E-state index in [-0.39, 0.29) is 23.7 Å². The van der Waals surface area contributed by atoms with Gasteiger partial charge in [-0.3, -0.25) is 10.1 Å². The molecule has 3 atom stereocenters. The van der Waals surface area contributed by atoms with Crippen LogP contribution in [0.25, 0.3) is 0 Å². The lowest BCUT2D eigenvalue weighted by atomic mass is 9.83. The normalized spacial score (nSPS) is 24.7. The zero-order chi connectivity index (χ0) is 27.4. The first-order valence-electron chi connectivity index (χ1n) is 14.6. The van der Waals surface area contributed by atoms with Gasteiger partial charge in [0, 0.05) is 51.6 Å². The van der Waals surface area contributed by atoms with E-state index in [0.717, 1.165) is 51.5 Å². The highest BCUT2D eigenvalue weighted by Crippen LogP contribution is 2.30. The quantitative estimate of drug-likeness (QED) is 0.408. The molecule has 1 aliphatic carbocycles. The fourth-order valence-corrected chi connectivity index (χ4v) is 7.39. The van der Waals surface area contributed by atoms with Crippen LogP contribution in [0.2, 0.25) is 0 Å². The molecule has 1 saturated carbocycles. The Morgan fingerprint density at radius 3 is 2.44 bits per heavy atom. The van der Waals surface area contributed by atoms with Crippen LogP contribution in [-0.4, -0.2) is 71.9 Å². The van der Waals surface area contributed by atoms with Gasteiger partial charge in [0.1, 0.15) is 5.82 Å². The van der Waals surface area contributed by atoms with Crippen molar-refractivity contribution in [2.45, 2.75) is 64.8 Å². The van der Waals surface area contributed by atoms with Crippen molar-refractivity contribution in [2.24, 2.45) is 17.8 Å². The fourth-order valence-electron chi connectivity index (χ4n) is 6.54. The average molecular weight is 556 g/mol. The number of urea groups is 1. The van der Waals surface area contributed by atoms with Crippen molar-refractivity contribution in [3.05, 3.63) is 46.2 Å². The Morgan fingerprint density at radius 2 is 1.74 bits per heavy atom. The zero-order valence-electron chi connectivity index (χ0n) is 23.3. The van der Waals surface area contributed by atoms with E-state index in [9.17, 15) is 14.0 Å². The van der Waals surface area contributed by atoms with Gasteiger partial charge in [0.2, 0.25) is 0 Å². The molecule has 0 spiro atoms. The van der Waals surface area contributed by atoms with Crippen molar-refractivity contribution in [1.29, 1.82) is 0 Å². The molecule has 2 aromatic rings. The molecule has 7 nitrogen and oxygen atoms in total. The van der Waals surface area contributed by atoms with Gasteiger partial charge in [-0.05, 0) is 81.5 Å². The second-order valence-electron chi connectivity index (χ2n) is 11.9. The molecule has 39 heavy (non-hydrogen) atoms. The van der Waals surface area contributed by atoms with Crippen LogP contribution >= 0.6 is 11.3 Å². The van der Waals surface area contributed by atoms with Crippen LogP contribution in [0.5, 0.6) is 0 Å². The lowest BCUT2D eigenvalue weighted by Crippen LogP contribution is -2.56. The summed E-state index contributed by atoms with van der Waals surface area (Å²) in [5.41, 5.74) is 1.86. The Kier molecular flexibility index (Phi) is 9.30. The summed E-state index contributed by atoms with van der Waals surface area (Å²) in [6, 6.07) is 6.79. The van der Waals surface area contributed by atoms with Gasteiger partial charge < -0.3 is 15.1 Å². The standard InChI is InChI=1S/C30H42FN5O2S/c1-20-28(21(2)37)39-30(32-20)34-29(38)33-27-12-14-36(16-23-5-3-6-23)19-25(27)18-35-13-4-7-24(17-35)15-22-8-10-26(31)11-9-22/h8-11,23-25,27H,3-7,12-19H2,1-2H3,(H2,32,33,34,38)/t24?,25-,27-/m1/s1. The minimum absolute atomic E-state index is 0.0309. The van der Waals surface area contributed by atoms with Gasteiger partial charge >= 0.3 is 6.03 Å². The van der Waals surface area contributed by atoms with E-state index in [1.165, 1.54) is 62.5 Å². The molecule has 1 unspecified atom stereocenters. The Labute approximate surface area is 235 Å². The molecular weight excluding hydrogens is 513 g/mol. The van der Waals surface area contributed by atoms with Gasteiger partial charge in [0.05, 0.1) is 10.6 Å². The van der Waals surface area contributed by atoms with Gasteiger partial charge in [0.15, 0.2) is 10.9 Å². The number of ketones is 1. The third-order valence-electron chi connectivity index (χ3n) is 8.75. The summed E-state index contributed by atoms with van der Waals surface area (Å²) in [4.78, 5) is 35.0. The summed E-state index contributed by atoms with van der Waals surface area (Å²) in [5.74, 6) is 1.53. The van der Waals surface area contributed by atoms with Gasteiger partial charge in [-0.15, -0.1) is 0 Å². The van der Waals surface area contributed by atoms with Gasteiger partial charge in [-0.2, -0.15) is 0 Å². The maximum Gasteiger partial charge on any atom is 0.321 e. The first kappa shape index (κ1) is 28.2. The number of aryl methyl sites for hydroxylation is 1. The number of benzene rings is 1. The van der Waals surface area contributed by atoms with Crippen molar-refractivity contribution in [2.75, 3.05) is 44.6 Å². The van der Waals surface area contributed by atoms with E-state index in [0.29, 0.717) is 27.5 Å². The first-order valence-corrected chi connectivity index (χ1v) is 15.4. The molecule has 212 valence electrons. The minimum atomic E-state index is -0.242. The number of anilines is 1. The van der Waals surface area contributed by atoms with Crippen LogP contribution in [0.4, 0.5) is 14.3 Å². The summed E-state index contributed by atoms with van der Waals surface area (Å²) in [5, 5.41) is 6.61. The number of nitrogens with zero attached hydrogens (tertiary/aromatic N) is 3. The van der Waals surface area contributed by atoms with E-state index < -0.39 is 0 Å². The SMILES string of the molecule is CC(=O)c1sc(NC(=O)N[C@@H]2CCN(CC3CCC3)C[C@H]2CN2CCCC(Cc3ccc(F)cc3)C2)nc1C. The number of amides is 2. The van der Waals surface area contributed by atoms with Crippen LogP contribution in [0.1, 0.15) is 66.4 Å². The summed E-state index contributed by atoms with van der Waals surface area (Å²) in [7, 11) is 0. The number of carbonyl (C=O) groups is 2. The molecule has 0 bridgehead atoms. The van der Waals surface area contributed by atoms with E-state index in [1.807, 2.05) is 12.1 Å². The van der Waals surface area contributed by atoms with Gasteiger partial charge in [-0.1, -0.05) is 29.9 Å². The number of hydrogen-bond donors (Lipinski definition) is 2. The monoisotopic (exact) mass is 555 g/mol. The van der Waals surface area contributed by atoms with E-state index in [4.69, 9.17) is 0 Å². The predicted octanol–water partition coefficient (Wildman–Crippen LogP) is 5.36. The second kappa shape index (κ2) is 12.9. The summed E-state index contributed by atoms with van der Waals surface area (Å²) in [6.45, 7) is 9.61. The second-order valence-corrected chi connectivity index (χ2v) is 12.9. The van der Waals surface area contributed by atoms with Crippen molar-refractivity contribution < 1.29 is 14.0 Å². The third-order valence-corrected chi connectivity index (χ3v) is 9.92. The zero-order valence-corrected chi connectivity index (χ0v) is 24.1. The molecule has 0 radical (unpaired) electrons. The number of piperidine rings is 2. The summed E-state index contributed by atoms with van der Waals surface area (Å²) < 4.78 is 13.4. The Morgan fingerprint density at radius 1 is 1.00 bits per heavy atom. The van der Waals surface area contributed by atoms with Gasteiger partial charge in [0.25, 0.3) is 0 Å². The van der Waals surface area contributed by atoms with Crippen LogP contribution in [0.15, 0.2) is 24.3 Å². The summed E-state index contributed by atoms with van der Waals surface area (Å²) >= 11 is 1.24. The number of carbonyl (C=O) groups excluding carboxylic acids is 2. The van der Waals surface area contributed by atoms with Crippen molar-refractivity contribution >= 4 is 28.3 Å². The molecule has 9 heteroatoms. The molecule has 2 N–H and O–H groups in total. The van der Waals surface area contributed by atoms with Crippen molar-refractivity contribution in [3.8, 4) is 0 Å². The molecule has 1 aromatic heterocycles. The molecule has 3 aliphatic rings. The molecule has 2 aliphatic heterocycles. The molecule has 2 amide bonds. The van der Waals surface area contributed by atoms with Crippen molar-refractivity contribution in [3.63, 3.8) is 0 Å².